The summed E-state index contributed by atoms with van der Waals surface area (Å²) >= 11 is 0. The fourth-order valence-electron chi connectivity index (χ4n) is 5.48. The summed E-state index contributed by atoms with van der Waals surface area (Å²) in [6, 6.07) is 53.0. The van der Waals surface area contributed by atoms with E-state index in [0.717, 1.165) is 0 Å². The molecule has 0 unspecified atom stereocenters. The molecule has 0 heterocycles. The Balaban J connectivity index is 1.28. The molecule has 0 aliphatic heterocycles. The van der Waals surface area contributed by atoms with Crippen molar-refractivity contribution in [3.63, 3.8) is 0 Å². The molecule has 44 heavy (non-hydrogen) atoms. The number of hydrogen-bond acceptors (Lipinski definition) is 0. The second-order valence-electron chi connectivity index (χ2n) is 11.8. The van der Waals surface area contributed by atoms with Crippen molar-refractivity contribution in [3.8, 4) is 11.1 Å². The van der Waals surface area contributed by atoms with Crippen molar-refractivity contribution in [2.75, 3.05) is 0 Å². The van der Waals surface area contributed by atoms with E-state index in [4.69, 9.17) is 0 Å². The number of hydrogen-bond donors (Lipinski definition) is 0. The van der Waals surface area contributed by atoms with Gasteiger partial charge >= 0.3 is 0 Å². The third-order valence-electron chi connectivity index (χ3n) is 8.23. The average molecular weight is 567 g/mol. The van der Waals surface area contributed by atoms with E-state index in [9.17, 15) is 0 Å². The molecule has 0 aliphatic rings. The van der Waals surface area contributed by atoms with Crippen molar-refractivity contribution in [1.82, 2.24) is 0 Å². The fraction of sp³-hybridized carbons (Fsp3) is 0.0909. The maximum atomic E-state index is 2.30. The highest BCUT2D eigenvalue weighted by atomic mass is 14.1. The molecule has 0 spiro atoms. The van der Waals surface area contributed by atoms with Crippen LogP contribution < -0.4 is 0 Å². The summed E-state index contributed by atoms with van der Waals surface area (Å²) in [4.78, 5) is 0. The summed E-state index contributed by atoms with van der Waals surface area (Å²) < 4.78 is 0. The van der Waals surface area contributed by atoms with Gasteiger partial charge in [0.2, 0.25) is 0 Å². The predicted molar refractivity (Wildman–Crippen MR) is 191 cm³/mol. The van der Waals surface area contributed by atoms with Crippen LogP contribution in [0.1, 0.15) is 55.6 Å². The maximum absolute atomic E-state index is 2.30. The Kier molecular flexibility index (Phi) is 8.52. The van der Waals surface area contributed by atoms with Gasteiger partial charge in [-0.1, -0.05) is 168 Å². The SMILES string of the molecule is Cc1ccc(C(=Cc2ccc(-c3ccc(C=C(c4ccc(C)cc4)c4ccc(C)cc4)cc3)cc2)c2ccc(C)cc2)cc1. The molecule has 0 amide bonds. The van der Waals surface area contributed by atoms with Crippen LogP contribution in [0.2, 0.25) is 0 Å². The first-order valence-electron chi connectivity index (χ1n) is 15.3. The highest BCUT2D eigenvalue weighted by Crippen LogP contribution is 2.30. The van der Waals surface area contributed by atoms with E-state index in [0.29, 0.717) is 0 Å². The number of aryl methyl sites for hydroxylation is 4. The van der Waals surface area contributed by atoms with Crippen molar-refractivity contribution in [1.29, 1.82) is 0 Å². The van der Waals surface area contributed by atoms with Gasteiger partial charge < -0.3 is 0 Å². The van der Waals surface area contributed by atoms with Crippen LogP contribution in [-0.2, 0) is 0 Å². The Bertz CT molecular complexity index is 1650. The summed E-state index contributed by atoms with van der Waals surface area (Å²) in [5, 5.41) is 0. The fourth-order valence-corrected chi connectivity index (χ4v) is 5.48. The molecule has 0 nitrogen and oxygen atoms in total. The van der Waals surface area contributed by atoms with Gasteiger partial charge in [-0.15, -0.1) is 0 Å². The summed E-state index contributed by atoms with van der Waals surface area (Å²) in [5.41, 5.74) is 17.2. The molecule has 0 saturated heterocycles. The van der Waals surface area contributed by atoms with Crippen molar-refractivity contribution in [2.45, 2.75) is 27.7 Å². The van der Waals surface area contributed by atoms with E-state index in [1.165, 1.54) is 77.9 Å². The van der Waals surface area contributed by atoms with Crippen LogP contribution in [0.4, 0.5) is 0 Å². The van der Waals surface area contributed by atoms with Gasteiger partial charge in [0.1, 0.15) is 0 Å². The first-order valence-corrected chi connectivity index (χ1v) is 15.3. The Morgan fingerprint density at radius 2 is 0.523 bits per heavy atom. The summed E-state index contributed by atoms with van der Waals surface area (Å²) in [5.74, 6) is 0. The molecule has 0 N–H and O–H groups in total. The van der Waals surface area contributed by atoms with Gasteiger partial charge in [-0.2, -0.15) is 0 Å². The van der Waals surface area contributed by atoms with Crippen LogP contribution in [0.3, 0.4) is 0 Å². The molecule has 0 bridgehead atoms. The van der Waals surface area contributed by atoms with Gasteiger partial charge in [-0.25, -0.2) is 0 Å². The number of rotatable bonds is 7. The maximum Gasteiger partial charge on any atom is -0.0105 e. The zero-order chi connectivity index (χ0) is 30.5. The second-order valence-corrected chi connectivity index (χ2v) is 11.8. The van der Waals surface area contributed by atoms with Gasteiger partial charge in [0, 0.05) is 0 Å². The second kappa shape index (κ2) is 13.0. The van der Waals surface area contributed by atoms with Crippen LogP contribution in [0.25, 0.3) is 34.4 Å². The van der Waals surface area contributed by atoms with Crippen molar-refractivity contribution >= 4 is 23.3 Å². The Morgan fingerprint density at radius 3 is 0.750 bits per heavy atom. The third-order valence-corrected chi connectivity index (χ3v) is 8.23. The minimum absolute atomic E-state index is 1.19. The van der Waals surface area contributed by atoms with Crippen LogP contribution in [0.5, 0.6) is 0 Å². The van der Waals surface area contributed by atoms with Gasteiger partial charge in [-0.3, -0.25) is 0 Å². The molecule has 0 radical (unpaired) electrons. The molecule has 0 aliphatic carbocycles. The summed E-state index contributed by atoms with van der Waals surface area (Å²) in [6.45, 7) is 8.53. The topological polar surface area (TPSA) is 0 Å². The Labute approximate surface area is 262 Å². The zero-order valence-corrected chi connectivity index (χ0v) is 26.0. The highest BCUT2D eigenvalue weighted by molar-refractivity contribution is 5.93. The van der Waals surface area contributed by atoms with E-state index in [1.54, 1.807) is 0 Å². The summed E-state index contributed by atoms with van der Waals surface area (Å²) in [6.07, 6.45) is 4.59. The first kappa shape index (κ1) is 28.9. The molecule has 214 valence electrons. The van der Waals surface area contributed by atoms with Gasteiger partial charge in [0.05, 0.1) is 0 Å². The standard InChI is InChI=1S/C44H38/c1-31-5-17-39(18-6-31)43(40-19-7-32(2)8-20-40)29-35-13-25-37(26-14-35)38-27-15-36(16-28-38)30-44(41-21-9-33(3)10-22-41)42-23-11-34(4)12-24-42/h5-30H,1-4H3. The van der Waals surface area contributed by atoms with Gasteiger partial charge in [0.15, 0.2) is 0 Å². The minimum Gasteiger partial charge on any atom is -0.0587 e. The van der Waals surface area contributed by atoms with Gasteiger partial charge in [-0.05, 0) is 95.5 Å². The molecular weight excluding hydrogens is 528 g/mol. The normalized spacial score (nSPS) is 10.7. The number of benzene rings is 6. The van der Waals surface area contributed by atoms with Crippen LogP contribution in [0, 0.1) is 27.7 Å². The lowest BCUT2D eigenvalue weighted by Gasteiger charge is -2.11. The lowest BCUT2D eigenvalue weighted by Crippen LogP contribution is -1.90. The third kappa shape index (κ3) is 6.88. The predicted octanol–water partition coefficient (Wildman–Crippen LogP) is 11.8. The average Bonchev–Trinajstić information content (AvgIpc) is 3.05. The zero-order valence-electron chi connectivity index (χ0n) is 26.0. The quantitative estimate of drug-likeness (QED) is 0.169. The lowest BCUT2D eigenvalue weighted by molar-refractivity contribution is 1.43. The molecule has 0 heteroatoms. The molecule has 0 saturated carbocycles. The minimum atomic E-state index is 1.19. The molecule has 0 atom stereocenters. The van der Waals surface area contributed by atoms with E-state index in [-0.39, 0.29) is 0 Å². The largest absolute Gasteiger partial charge is 0.0587 e. The molecular formula is C44H38. The Hall–Kier alpha value is -5.20. The van der Waals surface area contributed by atoms with Crippen LogP contribution >= 0.6 is 0 Å². The molecule has 6 rings (SSSR count). The van der Waals surface area contributed by atoms with Crippen molar-refractivity contribution in [3.05, 3.63) is 201 Å². The van der Waals surface area contributed by atoms with Gasteiger partial charge in [0.25, 0.3) is 0 Å². The molecule has 0 fully saturated rings. The molecule has 6 aromatic rings. The Morgan fingerprint density at radius 1 is 0.295 bits per heavy atom. The first-order chi connectivity index (χ1) is 21.4. The molecule has 0 aromatic heterocycles. The highest BCUT2D eigenvalue weighted by Gasteiger charge is 2.08. The van der Waals surface area contributed by atoms with Crippen molar-refractivity contribution in [2.24, 2.45) is 0 Å². The van der Waals surface area contributed by atoms with Crippen LogP contribution in [-0.4, -0.2) is 0 Å². The summed E-state index contributed by atoms with van der Waals surface area (Å²) in [7, 11) is 0. The van der Waals surface area contributed by atoms with E-state index in [1.807, 2.05) is 0 Å². The van der Waals surface area contributed by atoms with Crippen molar-refractivity contribution < 1.29 is 0 Å². The van der Waals surface area contributed by atoms with E-state index >= 15 is 0 Å². The van der Waals surface area contributed by atoms with Crippen LogP contribution in [0.15, 0.2) is 146 Å². The lowest BCUT2D eigenvalue weighted by atomic mass is 9.93. The van der Waals surface area contributed by atoms with E-state index < -0.39 is 0 Å². The van der Waals surface area contributed by atoms with E-state index in [2.05, 4.69) is 185 Å². The monoisotopic (exact) mass is 566 g/mol. The molecule has 6 aromatic carbocycles. The smallest absolute Gasteiger partial charge is 0.0105 e.